The monoisotopic (exact) mass is 401 g/mol. The molecule has 3 rings (SSSR count). The molecule has 2 atom stereocenters. The Morgan fingerprint density at radius 2 is 2.00 bits per heavy atom. The number of halogens is 1. The zero-order chi connectivity index (χ0) is 18.2. The van der Waals surface area contributed by atoms with Crippen molar-refractivity contribution in [2.24, 2.45) is 11.7 Å². The molecule has 0 aliphatic carbocycles. The summed E-state index contributed by atoms with van der Waals surface area (Å²) in [6, 6.07) is 5.40. The molecule has 0 saturated carbocycles. The number of benzene rings is 1. The summed E-state index contributed by atoms with van der Waals surface area (Å²) in [4.78, 5) is 14.8. The van der Waals surface area contributed by atoms with Crippen LogP contribution in [0.1, 0.15) is 42.1 Å². The average molecular weight is 402 g/mol. The summed E-state index contributed by atoms with van der Waals surface area (Å²) in [6.45, 7) is 5.82. The fourth-order valence-corrected chi connectivity index (χ4v) is 5.32. The van der Waals surface area contributed by atoms with Gasteiger partial charge in [-0.3, -0.25) is 9.10 Å². The van der Waals surface area contributed by atoms with Crippen LogP contribution in [0, 0.1) is 12.8 Å². The molecule has 0 aromatic heterocycles. The van der Waals surface area contributed by atoms with Gasteiger partial charge < -0.3 is 10.6 Å². The fourth-order valence-electron chi connectivity index (χ4n) is 3.77. The van der Waals surface area contributed by atoms with E-state index in [0.717, 1.165) is 24.9 Å². The van der Waals surface area contributed by atoms with Crippen molar-refractivity contribution in [3.63, 3.8) is 0 Å². The summed E-state index contributed by atoms with van der Waals surface area (Å²) >= 11 is 0. The largest absolute Gasteiger partial charge is 0.338 e. The number of hydrogen-bond donors (Lipinski definition) is 1. The third kappa shape index (κ3) is 4.15. The second kappa shape index (κ2) is 8.15. The molecule has 0 radical (unpaired) electrons. The molecular formula is C18H28ClN3O3S. The minimum Gasteiger partial charge on any atom is -0.338 e. The van der Waals surface area contributed by atoms with E-state index in [0.29, 0.717) is 36.7 Å². The first-order valence-corrected chi connectivity index (χ1v) is 10.6. The van der Waals surface area contributed by atoms with Crippen molar-refractivity contribution < 1.29 is 13.2 Å². The van der Waals surface area contributed by atoms with Gasteiger partial charge in [0.1, 0.15) is 0 Å². The van der Waals surface area contributed by atoms with Gasteiger partial charge >= 0.3 is 0 Å². The molecule has 1 aromatic rings. The summed E-state index contributed by atoms with van der Waals surface area (Å²) in [5, 5.41) is 0. The third-order valence-electron chi connectivity index (χ3n) is 5.32. The molecule has 6 nitrogen and oxygen atoms in total. The van der Waals surface area contributed by atoms with Gasteiger partial charge in [-0.2, -0.15) is 0 Å². The summed E-state index contributed by atoms with van der Waals surface area (Å²) in [6.07, 6.45) is 2.68. The second-order valence-electron chi connectivity index (χ2n) is 7.25. The summed E-state index contributed by atoms with van der Waals surface area (Å²) < 4.78 is 25.6. The predicted molar refractivity (Wildman–Crippen MR) is 106 cm³/mol. The van der Waals surface area contributed by atoms with E-state index in [-0.39, 0.29) is 30.1 Å². The van der Waals surface area contributed by atoms with E-state index in [4.69, 9.17) is 5.73 Å². The molecular weight excluding hydrogens is 374 g/mol. The molecule has 2 saturated heterocycles. The Hall–Kier alpha value is -1.31. The van der Waals surface area contributed by atoms with Crippen LogP contribution in [-0.2, 0) is 10.0 Å². The molecule has 2 aliphatic heterocycles. The number of hydrogen-bond acceptors (Lipinski definition) is 4. The maximum Gasteiger partial charge on any atom is 0.254 e. The van der Waals surface area contributed by atoms with Crippen LogP contribution in [0.4, 0.5) is 5.69 Å². The standard InChI is InChI=1S/C18H27N3O3S.ClH/c1-13-11-16(21-9-4-10-25(21,23)24)6-7-17(13)18(22)20-8-3-5-15(12-20)14(2)19;/h6-7,11,14-15H,3-5,8-10,12,19H2,1-2H3;1H. The van der Waals surface area contributed by atoms with Gasteiger partial charge in [0.25, 0.3) is 5.91 Å². The second-order valence-corrected chi connectivity index (χ2v) is 9.27. The van der Waals surface area contributed by atoms with Crippen molar-refractivity contribution in [1.29, 1.82) is 0 Å². The lowest BCUT2D eigenvalue weighted by atomic mass is 9.91. The molecule has 2 aliphatic rings. The number of anilines is 1. The van der Waals surface area contributed by atoms with Crippen molar-refractivity contribution in [3.8, 4) is 0 Å². The smallest absolute Gasteiger partial charge is 0.254 e. The fraction of sp³-hybridized carbons (Fsp3) is 0.611. The first-order chi connectivity index (χ1) is 11.8. The lowest BCUT2D eigenvalue weighted by molar-refractivity contribution is 0.0660. The maximum absolute atomic E-state index is 12.9. The first kappa shape index (κ1) is 21.0. The van der Waals surface area contributed by atoms with Crippen LogP contribution in [-0.4, -0.2) is 50.7 Å². The molecule has 1 aromatic carbocycles. The van der Waals surface area contributed by atoms with Gasteiger partial charge in [0, 0.05) is 31.2 Å². The predicted octanol–water partition coefficient (Wildman–Crippen LogP) is 2.16. The van der Waals surface area contributed by atoms with E-state index < -0.39 is 10.0 Å². The number of carbonyl (C=O) groups is 1. The van der Waals surface area contributed by atoms with Crippen LogP contribution >= 0.6 is 12.4 Å². The maximum atomic E-state index is 12.9. The van der Waals surface area contributed by atoms with Gasteiger partial charge in [-0.15, -0.1) is 12.4 Å². The average Bonchev–Trinajstić information content (AvgIpc) is 2.93. The van der Waals surface area contributed by atoms with Crippen LogP contribution in [0.15, 0.2) is 18.2 Å². The van der Waals surface area contributed by atoms with E-state index >= 15 is 0 Å². The van der Waals surface area contributed by atoms with Crippen molar-refractivity contribution in [1.82, 2.24) is 4.90 Å². The highest BCUT2D eigenvalue weighted by Crippen LogP contribution is 2.27. The van der Waals surface area contributed by atoms with E-state index in [1.807, 2.05) is 24.8 Å². The Balaban J connectivity index is 0.00000243. The Labute approximate surface area is 162 Å². The highest BCUT2D eigenvalue weighted by atomic mass is 35.5. The highest BCUT2D eigenvalue weighted by molar-refractivity contribution is 7.93. The van der Waals surface area contributed by atoms with Crippen LogP contribution in [0.5, 0.6) is 0 Å². The molecule has 0 spiro atoms. The van der Waals surface area contributed by atoms with Gasteiger partial charge in [-0.05, 0) is 62.8 Å². The number of carbonyl (C=O) groups excluding carboxylic acids is 1. The molecule has 2 unspecified atom stereocenters. The van der Waals surface area contributed by atoms with E-state index in [9.17, 15) is 13.2 Å². The third-order valence-corrected chi connectivity index (χ3v) is 7.19. The van der Waals surface area contributed by atoms with Crippen LogP contribution in [0.25, 0.3) is 0 Å². The topological polar surface area (TPSA) is 83.7 Å². The number of rotatable bonds is 3. The van der Waals surface area contributed by atoms with Gasteiger partial charge in [-0.1, -0.05) is 0 Å². The van der Waals surface area contributed by atoms with Crippen molar-refractivity contribution in [2.75, 3.05) is 29.7 Å². The Morgan fingerprint density at radius 3 is 2.58 bits per heavy atom. The Bertz CT molecular complexity index is 767. The van der Waals surface area contributed by atoms with E-state index in [1.54, 1.807) is 12.1 Å². The molecule has 1 amide bonds. The van der Waals surface area contributed by atoms with E-state index in [2.05, 4.69) is 0 Å². The number of amides is 1. The minimum absolute atomic E-state index is 0. The zero-order valence-corrected chi connectivity index (χ0v) is 17.0. The van der Waals surface area contributed by atoms with Crippen molar-refractivity contribution in [2.45, 2.75) is 39.2 Å². The lowest BCUT2D eigenvalue weighted by Crippen LogP contribution is -2.45. The number of sulfonamides is 1. The molecule has 2 fully saturated rings. The number of nitrogens with zero attached hydrogens (tertiary/aromatic N) is 2. The van der Waals surface area contributed by atoms with Crippen molar-refractivity contribution >= 4 is 34.0 Å². The Kier molecular flexibility index (Phi) is 6.58. The number of piperidine rings is 1. The van der Waals surface area contributed by atoms with Crippen LogP contribution in [0.3, 0.4) is 0 Å². The number of likely N-dealkylation sites (tertiary alicyclic amines) is 1. The van der Waals surface area contributed by atoms with Gasteiger partial charge in [0.15, 0.2) is 0 Å². The Morgan fingerprint density at radius 1 is 1.27 bits per heavy atom. The molecule has 146 valence electrons. The molecule has 2 N–H and O–H groups in total. The van der Waals surface area contributed by atoms with Gasteiger partial charge in [0.05, 0.1) is 11.4 Å². The van der Waals surface area contributed by atoms with E-state index in [1.165, 1.54) is 4.31 Å². The van der Waals surface area contributed by atoms with Crippen LogP contribution in [0.2, 0.25) is 0 Å². The number of aryl methyl sites for hydroxylation is 1. The molecule has 2 heterocycles. The normalized spacial score (nSPS) is 23.4. The number of nitrogens with two attached hydrogens (primary N) is 1. The van der Waals surface area contributed by atoms with Gasteiger partial charge in [-0.25, -0.2) is 8.42 Å². The minimum atomic E-state index is -3.20. The van der Waals surface area contributed by atoms with Crippen LogP contribution < -0.4 is 10.0 Å². The first-order valence-electron chi connectivity index (χ1n) is 8.95. The highest BCUT2D eigenvalue weighted by Gasteiger charge is 2.30. The lowest BCUT2D eigenvalue weighted by Gasteiger charge is -2.35. The molecule has 0 bridgehead atoms. The molecule has 26 heavy (non-hydrogen) atoms. The quantitative estimate of drug-likeness (QED) is 0.841. The summed E-state index contributed by atoms with van der Waals surface area (Å²) in [5.74, 6) is 0.546. The zero-order valence-electron chi connectivity index (χ0n) is 15.3. The van der Waals surface area contributed by atoms with Crippen molar-refractivity contribution in [3.05, 3.63) is 29.3 Å². The molecule has 8 heteroatoms. The summed E-state index contributed by atoms with van der Waals surface area (Å²) in [5.41, 5.74) is 8.12. The summed E-state index contributed by atoms with van der Waals surface area (Å²) in [7, 11) is -3.20. The van der Waals surface area contributed by atoms with Gasteiger partial charge in [0.2, 0.25) is 10.0 Å². The SMILES string of the molecule is Cc1cc(N2CCCS2(=O)=O)ccc1C(=O)N1CCCC(C(C)N)C1.Cl.